The number of imidazole rings is 1. The Balaban J connectivity index is 1.99. The fourth-order valence-corrected chi connectivity index (χ4v) is 3.62. The number of carbonyl (C=O) groups is 1. The molecule has 10 nitrogen and oxygen atoms in total. The lowest BCUT2D eigenvalue weighted by Crippen LogP contribution is -2.52. The quantitative estimate of drug-likeness (QED) is 0.504. The number of nitrogen functional groups attached to an aromatic ring is 1. The highest BCUT2D eigenvalue weighted by molar-refractivity contribution is 6.02. The van der Waals surface area contributed by atoms with Gasteiger partial charge in [0.15, 0.2) is 11.5 Å². The van der Waals surface area contributed by atoms with Crippen LogP contribution in [0.2, 0.25) is 0 Å². The summed E-state index contributed by atoms with van der Waals surface area (Å²) >= 11 is 0. The molecule has 0 spiro atoms. The summed E-state index contributed by atoms with van der Waals surface area (Å²) in [6.07, 6.45) is -0.859. The van der Waals surface area contributed by atoms with E-state index in [1.807, 2.05) is 0 Å². The van der Waals surface area contributed by atoms with Crippen molar-refractivity contribution in [3.63, 3.8) is 0 Å². The maximum absolute atomic E-state index is 13.7. The molecule has 10 heteroatoms. The van der Waals surface area contributed by atoms with Crippen molar-refractivity contribution < 1.29 is 24.5 Å². The summed E-state index contributed by atoms with van der Waals surface area (Å²) in [6, 6.07) is 8.45. The van der Waals surface area contributed by atoms with Gasteiger partial charge in [-0.25, -0.2) is 15.0 Å². The molecule has 0 aliphatic carbocycles. The number of methoxy groups -OCH3 is 1. The van der Waals surface area contributed by atoms with E-state index in [2.05, 4.69) is 15.0 Å². The van der Waals surface area contributed by atoms with Gasteiger partial charge in [0.05, 0.1) is 6.61 Å². The number of hydrogen-bond donors (Lipinski definition) is 3. The molecule has 3 aromatic rings. The molecular formula is C18H19N5O5. The van der Waals surface area contributed by atoms with Gasteiger partial charge in [-0.15, -0.1) is 0 Å². The van der Waals surface area contributed by atoms with E-state index in [0.717, 1.165) is 0 Å². The largest absolute Gasteiger partial charge is 0.394 e. The SMILES string of the molecule is CO[C@@H]1[C@H](O)[C@@H](CO)O[C@@]1(C(=O)c1ccccc1)n1cnc2c(N)ncnc21. The Hall–Kier alpha value is -2.92. The standard InChI is InChI=1S/C18H19N5O5/c1-27-15-13(25)11(7-24)28-18(15,14(26)10-5-3-2-4-6-10)23-9-22-12-16(19)20-8-21-17(12)23/h2-6,8-9,11,13,15,24-25H,7H2,1H3,(H2,19,20,21)/t11-,13-,15-,18-/m1/s1. The predicted octanol–water partition coefficient (Wildman–Crippen LogP) is -0.289. The second kappa shape index (κ2) is 6.91. The topological polar surface area (TPSA) is 146 Å². The Bertz CT molecular complexity index is 1010. The average Bonchev–Trinajstić information content (AvgIpc) is 3.28. The number of carbonyl (C=O) groups excluding carboxylic acids is 1. The molecule has 0 unspecified atom stereocenters. The molecule has 4 N–H and O–H groups in total. The van der Waals surface area contributed by atoms with Crippen molar-refractivity contribution in [1.82, 2.24) is 19.5 Å². The van der Waals surface area contributed by atoms with Crippen molar-refractivity contribution in [2.45, 2.75) is 24.0 Å². The van der Waals surface area contributed by atoms with E-state index < -0.39 is 36.4 Å². The Morgan fingerprint density at radius 1 is 1.32 bits per heavy atom. The van der Waals surface area contributed by atoms with Crippen LogP contribution in [-0.2, 0) is 15.2 Å². The van der Waals surface area contributed by atoms with Crippen LogP contribution in [0.4, 0.5) is 5.82 Å². The number of nitrogens with two attached hydrogens (primary N) is 1. The van der Waals surface area contributed by atoms with Gasteiger partial charge in [0.25, 0.3) is 0 Å². The predicted molar refractivity (Wildman–Crippen MR) is 97.2 cm³/mol. The summed E-state index contributed by atoms with van der Waals surface area (Å²) in [6.45, 7) is -0.505. The van der Waals surface area contributed by atoms with Crippen LogP contribution < -0.4 is 5.73 Å². The second-order valence-electron chi connectivity index (χ2n) is 6.42. The molecule has 1 aromatic carbocycles. The number of aliphatic hydroxyl groups is 2. The number of ether oxygens (including phenoxy) is 2. The van der Waals surface area contributed by atoms with Gasteiger partial charge in [-0.3, -0.25) is 9.36 Å². The molecule has 28 heavy (non-hydrogen) atoms. The first-order chi connectivity index (χ1) is 13.5. The smallest absolute Gasteiger partial charge is 0.241 e. The molecule has 4 rings (SSSR count). The Kier molecular flexibility index (Phi) is 4.55. The zero-order valence-corrected chi connectivity index (χ0v) is 15.0. The van der Waals surface area contributed by atoms with Crippen LogP contribution in [-0.4, -0.2) is 67.5 Å². The van der Waals surface area contributed by atoms with Gasteiger partial charge in [0.1, 0.15) is 36.5 Å². The number of ketones is 1. The van der Waals surface area contributed by atoms with E-state index in [1.165, 1.54) is 24.3 Å². The van der Waals surface area contributed by atoms with Crippen LogP contribution >= 0.6 is 0 Å². The lowest BCUT2D eigenvalue weighted by atomic mass is 9.93. The molecule has 0 bridgehead atoms. The number of anilines is 1. The summed E-state index contributed by atoms with van der Waals surface area (Å²) in [7, 11) is 1.35. The van der Waals surface area contributed by atoms with E-state index >= 15 is 0 Å². The first kappa shape index (κ1) is 18.4. The van der Waals surface area contributed by atoms with Crippen LogP contribution in [0.3, 0.4) is 0 Å². The number of hydrogen-bond acceptors (Lipinski definition) is 9. The van der Waals surface area contributed by atoms with Crippen molar-refractivity contribution in [3.05, 3.63) is 48.5 Å². The van der Waals surface area contributed by atoms with Gasteiger partial charge >= 0.3 is 0 Å². The molecule has 0 radical (unpaired) electrons. The molecule has 0 amide bonds. The van der Waals surface area contributed by atoms with Gasteiger partial charge < -0.3 is 25.4 Å². The van der Waals surface area contributed by atoms with Crippen LogP contribution in [0.15, 0.2) is 43.0 Å². The van der Waals surface area contributed by atoms with E-state index in [1.54, 1.807) is 30.3 Å². The number of fused-ring (bicyclic) bond motifs is 1. The van der Waals surface area contributed by atoms with Gasteiger partial charge in [-0.05, 0) is 0 Å². The van der Waals surface area contributed by atoms with E-state index in [9.17, 15) is 15.0 Å². The Morgan fingerprint density at radius 2 is 2.07 bits per heavy atom. The Morgan fingerprint density at radius 3 is 2.75 bits per heavy atom. The lowest BCUT2D eigenvalue weighted by molar-refractivity contribution is -0.121. The van der Waals surface area contributed by atoms with Gasteiger partial charge in [-0.2, -0.15) is 0 Å². The summed E-state index contributed by atoms with van der Waals surface area (Å²) in [5.41, 5.74) is 4.88. The molecule has 1 saturated heterocycles. The lowest BCUT2D eigenvalue weighted by Gasteiger charge is -2.33. The van der Waals surface area contributed by atoms with Crippen LogP contribution in [0.1, 0.15) is 10.4 Å². The molecule has 4 atom stereocenters. The first-order valence-corrected chi connectivity index (χ1v) is 8.58. The van der Waals surface area contributed by atoms with Crippen molar-refractivity contribution in [1.29, 1.82) is 0 Å². The number of Topliss-reactive ketones (excluding diaryl/α,β-unsaturated/α-hetero) is 1. The molecule has 1 fully saturated rings. The second-order valence-corrected chi connectivity index (χ2v) is 6.42. The molecule has 1 aliphatic rings. The highest BCUT2D eigenvalue weighted by Gasteiger charge is 2.61. The molecule has 0 saturated carbocycles. The highest BCUT2D eigenvalue weighted by Crippen LogP contribution is 2.41. The van der Waals surface area contributed by atoms with Crippen molar-refractivity contribution in [2.24, 2.45) is 0 Å². The summed E-state index contributed by atoms with van der Waals surface area (Å²) in [4.78, 5) is 26.0. The molecule has 2 aromatic heterocycles. The summed E-state index contributed by atoms with van der Waals surface area (Å²) < 4.78 is 12.8. The number of benzene rings is 1. The van der Waals surface area contributed by atoms with Crippen molar-refractivity contribution in [3.8, 4) is 0 Å². The number of rotatable bonds is 5. The highest BCUT2D eigenvalue weighted by atomic mass is 16.6. The first-order valence-electron chi connectivity index (χ1n) is 8.58. The number of aliphatic hydroxyl groups excluding tert-OH is 2. The molecule has 3 heterocycles. The number of aromatic nitrogens is 4. The molecular weight excluding hydrogens is 366 g/mol. The minimum Gasteiger partial charge on any atom is -0.394 e. The maximum atomic E-state index is 13.7. The fraction of sp³-hybridized carbons (Fsp3) is 0.333. The van der Waals surface area contributed by atoms with E-state index in [-0.39, 0.29) is 17.0 Å². The van der Waals surface area contributed by atoms with Gasteiger partial charge in [-0.1, -0.05) is 30.3 Å². The average molecular weight is 385 g/mol. The van der Waals surface area contributed by atoms with E-state index in [4.69, 9.17) is 15.2 Å². The van der Waals surface area contributed by atoms with Crippen molar-refractivity contribution >= 4 is 22.8 Å². The van der Waals surface area contributed by atoms with Gasteiger partial charge in [0, 0.05) is 12.7 Å². The monoisotopic (exact) mass is 385 g/mol. The zero-order chi connectivity index (χ0) is 19.9. The third-order valence-corrected chi connectivity index (χ3v) is 4.92. The molecule has 146 valence electrons. The minimum absolute atomic E-state index is 0.136. The minimum atomic E-state index is -1.85. The third kappa shape index (κ3) is 2.50. The Labute approximate surface area is 159 Å². The summed E-state index contributed by atoms with van der Waals surface area (Å²) in [5.74, 6) is -0.344. The van der Waals surface area contributed by atoms with Crippen LogP contribution in [0.5, 0.6) is 0 Å². The maximum Gasteiger partial charge on any atom is 0.241 e. The normalized spacial score (nSPS) is 27.3. The van der Waals surface area contributed by atoms with E-state index in [0.29, 0.717) is 5.56 Å². The van der Waals surface area contributed by atoms with Crippen LogP contribution in [0.25, 0.3) is 11.2 Å². The van der Waals surface area contributed by atoms with Crippen molar-refractivity contribution in [2.75, 3.05) is 19.5 Å². The summed E-state index contributed by atoms with van der Waals surface area (Å²) in [5, 5.41) is 20.3. The third-order valence-electron chi connectivity index (χ3n) is 4.92. The number of nitrogens with zero attached hydrogens (tertiary/aromatic N) is 4. The zero-order valence-electron chi connectivity index (χ0n) is 15.0. The fourth-order valence-electron chi connectivity index (χ4n) is 3.62. The van der Waals surface area contributed by atoms with Gasteiger partial charge in [0.2, 0.25) is 11.5 Å². The molecule has 1 aliphatic heterocycles. The van der Waals surface area contributed by atoms with Crippen LogP contribution in [0, 0.1) is 0 Å².